The van der Waals surface area contributed by atoms with Crippen LogP contribution in [0.2, 0.25) is 0 Å². The number of aromatic nitrogens is 1. The lowest BCUT2D eigenvalue weighted by Crippen LogP contribution is -2.34. The number of fused-ring (bicyclic) bond motifs is 1. The number of carbonyl (C=O) groups excluding carboxylic acids is 1. The molecule has 0 saturated carbocycles. The van der Waals surface area contributed by atoms with Crippen LogP contribution in [-0.4, -0.2) is 28.9 Å². The predicted octanol–water partition coefficient (Wildman–Crippen LogP) is 1.67. The average molecular weight is 286 g/mol. The van der Waals surface area contributed by atoms with Gasteiger partial charge in [0.15, 0.2) is 0 Å². The van der Waals surface area contributed by atoms with E-state index in [0.29, 0.717) is 19.6 Å². The van der Waals surface area contributed by atoms with Crippen molar-refractivity contribution in [2.75, 3.05) is 18.0 Å². The van der Waals surface area contributed by atoms with Crippen molar-refractivity contribution >= 4 is 17.3 Å². The van der Waals surface area contributed by atoms with E-state index < -0.39 is 4.92 Å². The van der Waals surface area contributed by atoms with Crippen LogP contribution < -0.4 is 10.2 Å². The lowest BCUT2D eigenvalue weighted by Gasteiger charge is -2.21. The van der Waals surface area contributed by atoms with Crippen LogP contribution >= 0.6 is 0 Å². The lowest BCUT2D eigenvalue weighted by atomic mass is 10.1. The summed E-state index contributed by atoms with van der Waals surface area (Å²) >= 11 is 0. The van der Waals surface area contributed by atoms with Gasteiger partial charge in [-0.15, -0.1) is 0 Å². The van der Waals surface area contributed by atoms with E-state index in [-0.39, 0.29) is 17.3 Å². The van der Waals surface area contributed by atoms with Crippen molar-refractivity contribution in [1.82, 2.24) is 10.3 Å². The third-order valence-corrected chi connectivity index (χ3v) is 3.46. The van der Waals surface area contributed by atoms with Crippen molar-refractivity contribution in [3.05, 3.63) is 57.9 Å². The molecule has 2 N–H and O–H groups in total. The zero-order chi connectivity index (χ0) is 14.8. The van der Waals surface area contributed by atoms with Crippen molar-refractivity contribution in [3.8, 4) is 0 Å². The van der Waals surface area contributed by atoms with Gasteiger partial charge in [-0.3, -0.25) is 14.9 Å². The van der Waals surface area contributed by atoms with E-state index >= 15 is 0 Å². The van der Waals surface area contributed by atoms with E-state index in [1.807, 2.05) is 24.3 Å². The molecule has 3 rings (SSSR count). The number of benzene rings is 1. The van der Waals surface area contributed by atoms with Gasteiger partial charge in [-0.25, -0.2) is 0 Å². The summed E-state index contributed by atoms with van der Waals surface area (Å²) in [4.78, 5) is 27.1. The highest BCUT2D eigenvalue weighted by atomic mass is 16.6. The minimum Gasteiger partial charge on any atom is -0.351 e. The number of nitro groups is 1. The maximum Gasteiger partial charge on any atom is 0.287 e. The SMILES string of the molecule is O=C(c1cc([N+](=O)[O-])c[nH]1)N1CCNCc2ccccc21. The Kier molecular flexibility index (Phi) is 3.41. The first-order chi connectivity index (χ1) is 10.2. The molecule has 0 atom stereocenters. The fourth-order valence-electron chi connectivity index (χ4n) is 2.43. The number of nitrogens with one attached hydrogen (secondary N) is 2. The summed E-state index contributed by atoms with van der Waals surface area (Å²) in [6.07, 6.45) is 1.23. The van der Waals surface area contributed by atoms with Crippen LogP contribution in [0, 0.1) is 10.1 Å². The Morgan fingerprint density at radius 2 is 2.14 bits per heavy atom. The second-order valence-corrected chi connectivity index (χ2v) is 4.79. The molecule has 108 valence electrons. The smallest absolute Gasteiger partial charge is 0.287 e. The fraction of sp³-hybridized carbons (Fsp3) is 0.214. The van der Waals surface area contributed by atoms with Crippen LogP contribution in [0.15, 0.2) is 36.5 Å². The Labute approximate surface area is 120 Å². The summed E-state index contributed by atoms with van der Waals surface area (Å²) in [5.74, 6) is -0.265. The van der Waals surface area contributed by atoms with Crippen molar-refractivity contribution in [2.24, 2.45) is 0 Å². The number of aromatic amines is 1. The largest absolute Gasteiger partial charge is 0.351 e. The summed E-state index contributed by atoms with van der Waals surface area (Å²) < 4.78 is 0. The van der Waals surface area contributed by atoms with Crippen LogP contribution in [0.1, 0.15) is 16.1 Å². The quantitative estimate of drug-likeness (QED) is 0.649. The first-order valence-electron chi connectivity index (χ1n) is 6.60. The van der Waals surface area contributed by atoms with Crippen LogP contribution in [0.3, 0.4) is 0 Å². The number of hydrogen-bond donors (Lipinski definition) is 2. The molecule has 0 aliphatic carbocycles. The van der Waals surface area contributed by atoms with Gasteiger partial charge in [0.2, 0.25) is 0 Å². The normalized spacial score (nSPS) is 14.4. The molecule has 1 amide bonds. The van der Waals surface area contributed by atoms with Gasteiger partial charge in [-0.05, 0) is 11.6 Å². The molecule has 1 aliphatic heterocycles. The molecule has 7 nitrogen and oxygen atoms in total. The summed E-state index contributed by atoms with van der Waals surface area (Å²) in [5, 5.41) is 14.0. The van der Waals surface area contributed by atoms with Gasteiger partial charge in [0.05, 0.1) is 11.1 Å². The van der Waals surface area contributed by atoms with Gasteiger partial charge in [-0.2, -0.15) is 0 Å². The zero-order valence-corrected chi connectivity index (χ0v) is 11.2. The number of amides is 1. The minimum absolute atomic E-state index is 0.111. The van der Waals surface area contributed by atoms with E-state index in [1.165, 1.54) is 12.3 Å². The van der Waals surface area contributed by atoms with Gasteiger partial charge in [0.1, 0.15) is 5.69 Å². The highest BCUT2D eigenvalue weighted by molar-refractivity contribution is 6.05. The third kappa shape index (κ3) is 2.50. The molecular weight excluding hydrogens is 272 g/mol. The number of H-pyrrole nitrogens is 1. The molecule has 0 spiro atoms. The highest BCUT2D eigenvalue weighted by Crippen LogP contribution is 2.24. The average Bonchev–Trinajstić information content (AvgIpc) is 2.88. The molecule has 2 aromatic rings. The molecular formula is C14H14N4O3. The number of hydrogen-bond acceptors (Lipinski definition) is 4. The summed E-state index contributed by atoms with van der Waals surface area (Å²) in [5.41, 5.74) is 1.98. The summed E-state index contributed by atoms with van der Waals surface area (Å²) in [7, 11) is 0. The monoisotopic (exact) mass is 286 g/mol. The van der Waals surface area contributed by atoms with E-state index in [4.69, 9.17) is 0 Å². The minimum atomic E-state index is -0.523. The van der Waals surface area contributed by atoms with E-state index in [2.05, 4.69) is 10.3 Å². The molecule has 1 aromatic heterocycles. The second-order valence-electron chi connectivity index (χ2n) is 4.79. The molecule has 0 fully saturated rings. The highest BCUT2D eigenvalue weighted by Gasteiger charge is 2.24. The Balaban J connectivity index is 1.95. The fourth-order valence-corrected chi connectivity index (χ4v) is 2.43. The molecule has 7 heteroatoms. The van der Waals surface area contributed by atoms with Crippen molar-refractivity contribution in [3.63, 3.8) is 0 Å². The Hall–Kier alpha value is -2.67. The molecule has 1 aliphatic rings. The molecule has 0 saturated heterocycles. The standard InChI is InChI=1S/C14H14N4O3/c19-14(12-7-11(9-16-12)18(20)21)17-6-5-15-8-10-3-1-2-4-13(10)17/h1-4,7,9,15-16H,5-6,8H2. The van der Waals surface area contributed by atoms with Crippen molar-refractivity contribution < 1.29 is 9.72 Å². The summed E-state index contributed by atoms with van der Waals surface area (Å²) in [6.45, 7) is 1.89. The maximum atomic E-state index is 12.6. The van der Waals surface area contributed by atoms with Crippen LogP contribution in [0.4, 0.5) is 11.4 Å². The number of anilines is 1. The van der Waals surface area contributed by atoms with Crippen LogP contribution in [0.5, 0.6) is 0 Å². The first kappa shape index (κ1) is 13.3. The maximum absolute atomic E-state index is 12.6. The number of para-hydroxylation sites is 1. The molecule has 0 unspecified atom stereocenters. The van der Waals surface area contributed by atoms with Crippen molar-refractivity contribution in [1.29, 1.82) is 0 Å². The Morgan fingerprint density at radius 1 is 1.33 bits per heavy atom. The van der Waals surface area contributed by atoms with Gasteiger partial charge >= 0.3 is 0 Å². The van der Waals surface area contributed by atoms with E-state index in [0.717, 1.165) is 11.3 Å². The Morgan fingerprint density at radius 3 is 2.90 bits per heavy atom. The topological polar surface area (TPSA) is 91.3 Å². The molecule has 0 radical (unpaired) electrons. The Bertz CT molecular complexity index is 695. The van der Waals surface area contributed by atoms with Crippen LogP contribution in [0.25, 0.3) is 0 Å². The predicted molar refractivity (Wildman–Crippen MR) is 77.3 cm³/mol. The zero-order valence-electron chi connectivity index (χ0n) is 11.2. The lowest BCUT2D eigenvalue weighted by molar-refractivity contribution is -0.384. The van der Waals surface area contributed by atoms with E-state index in [9.17, 15) is 14.9 Å². The molecule has 1 aromatic carbocycles. The number of rotatable bonds is 2. The third-order valence-electron chi connectivity index (χ3n) is 3.46. The first-order valence-corrected chi connectivity index (χ1v) is 6.60. The molecule has 21 heavy (non-hydrogen) atoms. The number of carbonyl (C=O) groups is 1. The van der Waals surface area contributed by atoms with Gasteiger partial charge in [0, 0.05) is 31.4 Å². The number of nitrogens with zero attached hydrogens (tertiary/aromatic N) is 2. The van der Waals surface area contributed by atoms with Crippen LogP contribution in [-0.2, 0) is 6.54 Å². The molecule has 0 bridgehead atoms. The van der Waals surface area contributed by atoms with Gasteiger partial charge in [0.25, 0.3) is 11.6 Å². The van der Waals surface area contributed by atoms with Crippen molar-refractivity contribution in [2.45, 2.75) is 6.54 Å². The molecule has 2 heterocycles. The second kappa shape index (κ2) is 5.37. The van der Waals surface area contributed by atoms with Gasteiger partial charge < -0.3 is 15.2 Å². The van der Waals surface area contributed by atoms with Gasteiger partial charge in [-0.1, -0.05) is 18.2 Å². The summed E-state index contributed by atoms with van der Waals surface area (Å²) in [6, 6.07) is 8.92. The van der Waals surface area contributed by atoms with E-state index in [1.54, 1.807) is 4.90 Å².